The zero-order valence-corrected chi connectivity index (χ0v) is 18.1. The van der Waals surface area contributed by atoms with E-state index in [4.69, 9.17) is 17.3 Å². The average Bonchev–Trinajstić information content (AvgIpc) is 3.25. The second-order valence-corrected chi connectivity index (χ2v) is 8.41. The molecule has 2 aromatic heterocycles. The number of halogens is 4. The zero-order chi connectivity index (χ0) is 23.5. The van der Waals surface area contributed by atoms with Gasteiger partial charge in [-0.05, 0) is 29.6 Å². The van der Waals surface area contributed by atoms with Crippen LogP contribution in [-0.2, 0) is 11.0 Å². The Morgan fingerprint density at radius 1 is 1.25 bits per heavy atom. The van der Waals surface area contributed by atoms with Crippen molar-refractivity contribution in [2.24, 2.45) is 0 Å². The van der Waals surface area contributed by atoms with Crippen molar-refractivity contribution < 1.29 is 22.8 Å². The Balaban J connectivity index is 1.65. The van der Waals surface area contributed by atoms with Gasteiger partial charge in [0.2, 0.25) is 5.91 Å². The molecule has 0 unspecified atom stereocenters. The topological polar surface area (TPSA) is 130 Å². The third kappa shape index (κ3) is 5.81. The number of hydrogen-bond acceptors (Lipinski definition) is 7. The van der Waals surface area contributed by atoms with Gasteiger partial charge < -0.3 is 16.4 Å². The summed E-state index contributed by atoms with van der Waals surface area (Å²) in [4.78, 5) is 43.2. The summed E-state index contributed by atoms with van der Waals surface area (Å²) in [5, 5.41) is 6.25. The minimum absolute atomic E-state index is 0.0214. The maximum Gasteiger partial charge on any atom is 0.416 e. The van der Waals surface area contributed by atoms with Crippen LogP contribution >= 0.6 is 34.7 Å². The van der Waals surface area contributed by atoms with Gasteiger partial charge >= 0.3 is 6.18 Å². The van der Waals surface area contributed by atoms with E-state index < -0.39 is 29.1 Å². The molecule has 32 heavy (non-hydrogen) atoms. The number of hydrogen-bond donors (Lipinski definition) is 4. The Hall–Kier alpha value is -3.03. The van der Waals surface area contributed by atoms with Crippen molar-refractivity contribution >= 4 is 63.7 Å². The van der Waals surface area contributed by atoms with Gasteiger partial charge in [0.25, 0.3) is 11.5 Å². The van der Waals surface area contributed by atoms with Gasteiger partial charge in [0.15, 0.2) is 16.7 Å². The molecule has 168 valence electrons. The Morgan fingerprint density at radius 3 is 2.62 bits per heavy atom. The molecule has 8 nitrogen and oxygen atoms in total. The molecular formula is C18H13ClF3N5O3S2. The third-order valence-corrected chi connectivity index (χ3v) is 5.89. The van der Waals surface area contributed by atoms with Crippen molar-refractivity contribution in [2.45, 2.75) is 11.3 Å². The summed E-state index contributed by atoms with van der Waals surface area (Å²) in [7, 11) is 0. The lowest BCUT2D eigenvalue weighted by Gasteiger charge is -2.11. The summed E-state index contributed by atoms with van der Waals surface area (Å²) in [5.41, 5.74) is 3.60. The van der Waals surface area contributed by atoms with E-state index in [-0.39, 0.29) is 33.1 Å². The van der Waals surface area contributed by atoms with Crippen molar-refractivity contribution in [3.05, 3.63) is 61.5 Å². The molecule has 3 aromatic rings. The summed E-state index contributed by atoms with van der Waals surface area (Å²) in [6, 6.07) is 5.77. The first-order valence-electron chi connectivity index (χ1n) is 8.58. The SMILES string of the molecule is Nc1nc(SCC(=O)Nc2cc(C(F)(F)F)ccc2Cl)[nH]c(=O)c1NC(=O)c1cccs1. The number of carbonyl (C=O) groups excluding carboxylic acids is 2. The number of nitrogens with two attached hydrogens (primary N) is 1. The predicted octanol–water partition coefficient (Wildman–Crippen LogP) is 4.07. The van der Waals surface area contributed by atoms with Gasteiger partial charge in [-0.25, -0.2) is 4.98 Å². The molecule has 0 saturated heterocycles. The summed E-state index contributed by atoms with van der Waals surface area (Å²) >= 11 is 7.80. The van der Waals surface area contributed by atoms with Crippen LogP contribution in [0.1, 0.15) is 15.2 Å². The van der Waals surface area contributed by atoms with Crippen LogP contribution in [0.2, 0.25) is 5.02 Å². The van der Waals surface area contributed by atoms with Crippen molar-refractivity contribution in [2.75, 3.05) is 22.1 Å². The van der Waals surface area contributed by atoms with Gasteiger partial charge in [0.05, 0.1) is 26.9 Å². The number of carbonyl (C=O) groups is 2. The summed E-state index contributed by atoms with van der Waals surface area (Å²) in [5.74, 6) is -1.79. The average molecular weight is 504 g/mol. The van der Waals surface area contributed by atoms with Gasteiger partial charge in [-0.1, -0.05) is 29.4 Å². The number of anilines is 3. The molecule has 0 radical (unpaired) electrons. The zero-order valence-electron chi connectivity index (χ0n) is 15.7. The number of thioether (sulfide) groups is 1. The normalized spacial score (nSPS) is 11.2. The molecule has 0 aliphatic rings. The quantitative estimate of drug-likeness (QED) is 0.296. The van der Waals surface area contributed by atoms with Crippen LogP contribution in [0.5, 0.6) is 0 Å². The second kappa shape index (κ2) is 9.63. The maximum absolute atomic E-state index is 12.8. The smallest absolute Gasteiger partial charge is 0.382 e. The number of aromatic amines is 1. The molecule has 3 rings (SSSR count). The van der Waals surface area contributed by atoms with Gasteiger partial charge in [-0.3, -0.25) is 19.4 Å². The molecule has 0 bridgehead atoms. The van der Waals surface area contributed by atoms with E-state index in [0.717, 1.165) is 23.9 Å². The molecule has 2 amide bonds. The molecule has 1 aromatic carbocycles. The van der Waals surface area contributed by atoms with E-state index in [1.807, 2.05) is 0 Å². The molecule has 5 N–H and O–H groups in total. The van der Waals surface area contributed by atoms with Crippen molar-refractivity contribution in [1.29, 1.82) is 0 Å². The number of nitrogen functional groups attached to an aromatic ring is 1. The van der Waals surface area contributed by atoms with E-state index in [1.165, 1.54) is 11.3 Å². The Bertz CT molecular complexity index is 1220. The minimum atomic E-state index is -4.60. The number of alkyl halides is 3. The van der Waals surface area contributed by atoms with E-state index in [9.17, 15) is 27.6 Å². The van der Waals surface area contributed by atoms with E-state index in [1.54, 1.807) is 17.5 Å². The van der Waals surface area contributed by atoms with Gasteiger partial charge in [0.1, 0.15) is 0 Å². The maximum atomic E-state index is 12.8. The Kier molecular flexibility index (Phi) is 7.11. The standard InChI is InChI=1S/C18H13ClF3N5O3S2/c19-9-4-3-8(18(20,21)22)6-10(9)24-12(28)7-32-17-26-14(23)13(16(30)27-17)25-15(29)11-2-1-5-31-11/h1-6H,7H2,(H,24,28)(H,25,29)(H3,23,26,27,30). The second-order valence-electron chi connectivity index (χ2n) is 6.09. The lowest BCUT2D eigenvalue weighted by atomic mass is 10.2. The summed E-state index contributed by atoms with van der Waals surface area (Å²) in [6.07, 6.45) is -4.60. The van der Waals surface area contributed by atoms with Crippen LogP contribution in [0.15, 0.2) is 45.7 Å². The van der Waals surface area contributed by atoms with Crippen LogP contribution in [0.4, 0.5) is 30.4 Å². The number of benzene rings is 1. The molecule has 2 heterocycles. The molecule has 0 saturated carbocycles. The van der Waals surface area contributed by atoms with Crippen molar-refractivity contribution in [3.8, 4) is 0 Å². The predicted molar refractivity (Wildman–Crippen MR) is 117 cm³/mol. The van der Waals surface area contributed by atoms with E-state index in [2.05, 4.69) is 20.6 Å². The van der Waals surface area contributed by atoms with Crippen LogP contribution in [0.3, 0.4) is 0 Å². The monoisotopic (exact) mass is 503 g/mol. The van der Waals surface area contributed by atoms with Crippen LogP contribution in [0, 0.1) is 0 Å². The molecule has 0 aliphatic heterocycles. The minimum Gasteiger partial charge on any atom is -0.382 e. The number of nitrogens with one attached hydrogen (secondary N) is 3. The van der Waals surface area contributed by atoms with Crippen molar-refractivity contribution in [3.63, 3.8) is 0 Å². The Morgan fingerprint density at radius 2 is 2.00 bits per heavy atom. The fourth-order valence-electron chi connectivity index (χ4n) is 2.36. The lowest BCUT2D eigenvalue weighted by molar-refractivity contribution is -0.137. The lowest BCUT2D eigenvalue weighted by Crippen LogP contribution is -2.23. The van der Waals surface area contributed by atoms with Crippen LogP contribution in [0.25, 0.3) is 0 Å². The molecule has 14 heteroatoms. The fraction of sp³-hybridized carbons (Fsp3) is 0.111. The van der Waals surface area contributed by atoms with E-state index in [0.29, 0.717) is 10.9 Å². The van der Waals surface area contributed by atoms with Crippen LogP contribution < -0.4 is 21.9 Å². The number of aromatic nitrogens is 2. The van der Waals surface area contributed by atoms with E-state index >= 15 is 0 Å². The fourth-order valence-corrected chi connectivity index (χ4v) is 3.81. The highest BCUT2D eigenvalue weighted by Gasteiger charge is 2.31. The number of rotatable bonds is 6. The number of amides is 2. The van der Waals surface area contributed by atoms with Crippen molar-refractivity contribution in [1.82, 2.24) is 9.97 Å². The highest BCUT2D eigenvalue weighted by Crippen LogP contribution is 2.34. The van der Waals surface area contributed by atoms with Gasteiger partial charge in [-0.2, -0.15) is 13.2 Å². The molecule has 0 aliphatic carbocycles. The molecule has 0 spiro atoms. The molecule has 0 fully saturated rings. The third-order valence-electron chi connectivity index (χ3n) is 3.82. The Labute approximate surface area is 191 Å². The van der Waals surface area contributed by atoms with Gasteiger partial charge in [-0.15, -0.1) is 11.3 Å². The number of nitrogens with zero attached hydrogens (tertiary/aromatic N) is 1. The number of H-pyrrole nitrogens is 1. The summed E-state index contributed by atoms with van der Waals surface area (Å²) in [6.45, 7) is 0. The highest BCUT2D eigenvalue weighted by molar-refractivity contribution is 7.99. The first-order chi connectivity index (χ1) is 15.0. The largest absolute Gasteiger partial charge is 0.416 e. The first-order valence-corrected chi connectivity index (χ1v) is 10.8. The van der Waals surface area contributed by atoms with Crippen LogP contribution in [-0.4, -0.2) is 27.5 Å². The molecule has 0 atom stereocenters. The first kappa shape index (κ1) is 23.6. The highest BCUT2D eigenvalue weighted by atomic mass is 35.5. The summed E-state index contributed by atoms with van der Waals surface area (Å²) < 4.78 is 38.5. The number of thiophene rings is 1. The molecular weight excluding hydrogens is 491 g/mol. The van der Waals surface area contributed by atoms with Gasteiger partial charge in [0, 0.05) is 0 Å².